The van der Waals surface area contributed by atoms with Gasteiger partial charge in [-0.3, -0.25) is 4.98 Å². The maximum absolute atomic E-state index is 4.23. The lowest BCUT2D eigenvalue weighted by Gasteiger charge is -2.18. The molecule has 0 bridgehead atoms. The Bertz CT molecular complexity index is 324. The Balaban J connectivity index is 2.01. The van der Waals surface area contributed by atoms with Crippen LogP contribution in [-0.4, -0.2) is 31.7 Å². The zero-order chi connectivity index (χ0) is 10.7. The van der Waals surface area contributed by atoms with Crippen LogP contribution in [0.3, 0.4) is 0 Å². The van der Waals surface area contributed by atoms with Crippen molar-refractivity contribution in [2.24, 2.45) is 5.92 Å². The van der Waals surface area contributed by atoms with E-state index in [0.717, 1.165) is 18.2 Å². The van der Waals surface area contributed by atoms with Crippen LogP contribution in [0.2, 0.25) is 0 Å². The summed E-state index contributed by atoms with van der Waals surface area (Å²) in [6, 6.07) is 4.27. The van der Waals surface area contributed by atoms with Gasteiger partial charge in [-0.1, -0.05) is 0 Å². The molecule has 1 aromatic rings. The van der Waals surface area contributed by atoms with Gasteiger partial charge in [-0.2, -0.15) is 0 Å². The summed E-state index contributed by atoms with van der Waals surface area (Å²) in [4.78, 5) is 6.68. The molecule has 1 saturated heterocycles. The number of aromatic nitrogens is 1. The van der Waals surface area contributed by atoms with Crippen LogP contribution in [0.15, 0.2) is 18.3 Å². The Kier molecular flexibility index (Phi) is 3.21. The van der Waals surface area contributed by atoms with Crippen LogP contribution in [0.1, 0.15) is 12.1 Å². The molecule has 3 heteroatoms. The van der Waals surface area contributed by atoms with Crippen LogP contribution >= 0.6 is 0 Å². The minimum atomic E-state index is 0.795. The standard InChI is InChI=1S/C12H19N3/c1-10-7-12(3-5-14-10)15-6-4-11(9-15)8-13-2/h3,5,7,11,13H,4,6,8-9H2,1-2H3. The summed E-state index contributed by atoms with van der Waals surface area (Å²) in [6.07, 6.45) is 3.19. The molecule has 1 aromatic heterocycles. The molecule has 2 rings (SSSR count). The molecular weight excluding hydrogens is 186 g/mol. The lowest BCUT2D eigenvalue weighted by Crippen LogP contribution is -2.24. The van der Waals surface area contributed by atoms with Crippen molar-refractivity contribution in [3.63, 3.8) is 0 Å². The highest BCUT2D eigenvalue weighted by Gasteiger charge is 2.21. The van der Waals surface area contributed by atoms with Gasteiger partial charge >= 0.3 is 0 Å². The molecule has 1 aliphatic heterocycles. The molecular formula is C12H19N3. The van der Waals surface area contributed by atoms with Crippen LogP contribution in [0.5, 0.6) is 0 Å². The Labute approximate surface area is 91.5 Å². The molecule has 1 aliphatic rings. The molecule has 0 radical (unpaired) electrons. The third-order valence-corrected chi connectivity index (χ3v) is 3.02. The van der Waals surface area contributed by atoms with Crippen molar-refractivity contribution in [2.45, 2.75) is 13.3 Å². The average Bonchev–Trinajstić information content (AvgIpc) is 2.67. The lowest BCUT2D eigenvalue weighted by atomic mass is 10.1. The third kappa shape index (κ3) is 2.48. The zero-order valence-corrected chi connectivity index (χ0v) is 9.53. The Morgan fingerprint density at radius 3 is 3.20 bits per heavy atom. The number of anilines is 1. The number of rotatable bonds is 3. The maximum atomic E-state index is 4.23. The van der Waals surface area contributed by atoms with E-state index in [0.29, 0.717) is 0 Å². The summed E-state index contributed by atoms with van der Waals surface area (Å²) in [7, 11) is 2.03. The van der Waals surface area contributed by atoms with Gasteiger partial charge in [0.2, 0.25) is 0 Å². The van der Waals surface area contributed by atoms with Crippen LogP contribution < -0.4 is 10.2 Å². The van der Waals surface area contributed by atoms with Gasteiger partial charge in [0.15, 0.2) is 0 Å². The number of nitrogens with zero attached hydrogens (tertiary/aromatic N) is 2. The molecule has 2 heterocycles. The minimum Gasteiger partial charge on any atom is -0.371 e. The van der Waals surface area contributed by atoms with Gasteiger partial charge in [0.05, 0.1) is 0 Å². The van der Waals surface area contributed by atoms with Gasteiger partial charge in [-0.05, 0) is 45.0 Å². The van der Waals surface area contributed by atoms with Gasteiger partial charge in [-0.15, -0.1) is 0 Å². The van der Waals surface area contributed by atoms with Crippen LogP contribution in [0, 0.1) is 12.8 Å². The number of hydrogen-bond acceptors (Lipinski definition) is 3. The van der Waals surface area contributed by atoms with Gasteiger partial charge in [0.1, 0.15) is 0 Å². The molecule has 0 aliphatic carbocycles. The highest BCUT2D eigenvalue weighted by molar-refractivity contribution is 5.47. The number of hydrogen-bond donors (Lipinski definition) is 1. The number of pyridine rings is 1. The van der Waals surface area contributed by atoms with E-state index in [1.165, 1.54) is 25.2 Å². The van der Waals surface area contributed by atoms with Crippen molar-refractivity contribution in [1.29, 1.82) is 0 Å². The number of aryl methyl sites for hydroxylation is 1. The van der Waals surface area contributed by atoms with Crippen molar-refractivity contribution < 1.29 is 0 Å². The van der Waals surface area contributed by atoms with Crippen molar-refractivity contribution in [2.75, 3.05) is 31.6 Å². The molecule has 0 spiro atoms. The van der Waals surface area contributed by atoms with Crippen molar-refractivity contribution >= 4 is 5.69 Å². The molecule has 1 unspecified atom stereocenters. The maximum Gasteiger partial charge on any atom is 0.0399 e. The summed E-state index contributed by atoms with van der Waals surface area (Å²) in [5.41, 5.74) is 2.42. The molecule has 0 amide bonds. The summed E-state index contributed by atoms with van der Waals surface area (Å²) < 4.78 is 0. The fourth-order valence-electron chi connectivity index (χ4n) is 2.25. The second-order valence-corrected chi connectivity index (χ2v) is 4.31. The number of nitrogens with one attached hydrogen (secondary N) is 1. The summed E-state index contributed by atoms with van der Waals surface area (Å²) in [5.74, 6) is 0.795. The van der Waals surface area contributed by atoms with Crippen LogP contribution in [0.4, 0.5) is 5.69 Å². The van der Waals surface area contributed by atoms with E-state index >= 15 is 0 Å². The second kappa shape index (κ2) is 4.62. The highest BCUT2D eigenvalue weighted by Crippen LogP contribution is 2.23. The summed E-state index contributed by atoms with van der Waals surface area (Å²) in [5, 5.41) is 3.25. The van der Waals surface area contributed by atoms with Gasteiger partial charge < -0.3 is 10.2 Å². The topological polar surface area (TPSA) is 28.2 Å². The normalized spacial score (nSPS) is 20.9. The smallest absolute Gasteiger partial charge is 0.0399 e. The molecule has 15 heavy (non-hydrogen) atoms. The predicted molar refractivity (Wildman–Crippen MR) is 63.2 cm³/mol. The van der Waals surface area contributed by atoms with Crippen molar-refractivity contribution in [1.82, 2.24) is 10.3 Å². The van der Waals surface area contributed by atoms with E-state index in [1.54, 1.807) is 0 Å². The fourth-order valence-corrected chi connectivity index (χ4v) is 2.25. The Morgan fingerprint density at radius 2 is 2.47 bits per heavy atom. The molecule has 1 fully saturated rings. The van der Waals surface area contributed by atoms with E-state index < -0.39 is 0 Å². The molecule has 1 atom stereocenters. The largest absolute Gasteiger partial charge is 0.371 e. The lowest BCUT2D eigenvalue weighted by molar-refractivity contribution is 0.549. The van der Waals surface area contributed by atoms with E-state index in [-0.39, 0.29) is 0 Å². The minimum absolute atomic E-state index is 0.795. The first-order valence-electron chi connectivity index (χ1n) is 5.62. The SMILES string of the molecule is CNCC1CCN(c2ccnc(C)c2)C1. The zero-order valence-electron chi connectivity index (χ0n) is 9.53. The van der Waals surface area contributed by atoms with E-state index in [2.05, 4.69) is 27.3 Å². The van der Waals surface area contributed by atoms with Crippen LogP contribution in [-0.2, 0) is 0 Å². The first-order valence-corrected chi connectivity index (χ1v) is 5.62. The predicted octanol–water partition coefficient (Wildman–Crippen LogP) is 1.44. The van der Waals surface area contributed by atoms with Gasteiger partial charge in [0, 0.05) is 30.7 Å². The van der Waals surface area contributed by atoms with Gasteiger partial charge in [0.25, 0.3) is 0 Å². The first-order chi connectivity index (χ1) is 7.29. The summed E-state index contributed by atoms with van der Waals surface area (Å²) in [6.45, 7) is 5.52. The molecule has 82 valence electrons. The monoisotopic (exact) mass is 205 g/mol. The molecule has 1 N–H and O–H groups in total. The average molecular weight is 205 g/mol. The molecule has 0 saturated carbocycles. The Morgan fingerprint density at radius 1 is 1.60 bits per heavy atom. The fraction of sp³-hybridized carbons (Fsp3) is 0.583. The van der Waals surface area contributed by atoms with E-state index in [4.69, 9.17) is 0 Å². The van der Waals surface area contributed by atoms with Crippen molar-refractivity contribution in [3.05, 3.63) is 24.0 Å². The van der Waals surface area contributed by atoms with Crippen molar-refractivity contribution in [3.8, 4) is 0 Å². The van der Waals surface area contributed by atoms with E-state index in [1.807, 2.05) is 20.2 Å². The first kappa shape index (κ1) is 10.4. The second-order valence-electron chi connectivity index (χ2n) is 4.31. The van der Waals surface area contributed by atoms with E-state index in [9.17, 15) is 0 Å². The quantitative estimate of drug-likeness (QED) is 0.809. The highest BCUT2D eigenvalue weighted by atomic mass is 15.2. The third-order valence-electron chi connectivity index (χ3n) is 3.02. The van der Waals surface area contributed by atoms with Crippen LogP contribution in [0.25, 0.3) is 0 Å². The molecule has 3 nitrogen and oxygen atoms in total. The Hall–Kier alpha value is -1.09. The van der Waals surface area contributed by atoms with Gasteiger partial charge in [-0.25, -0.2) is 0 Å². The molecule has 0 aromatic carbocycles. The summed E-state index contributed by atoms with van der Waals surface area (Å²) >= 11 is 0.